The van der Waals surface area contributed by atoms with Gasteiger partial charge < -0.3 is 4.42 Å². The van der Waals surface area contributed by atoms with Crippen LogP contribution >= 0.6 is 22.7 Å². The molecule has 0 radical (unpaired) electrons. The minimum atomic E-state index is 0.178. The molecular formula is C51H31N3OS2. The lowest BCUT2D eigenvalue weighted by Crippen LogP contribution is -2.05. The van der Waals surface area contributed by atoms with Gasteiger partial charge in [-0.1, -0.05) is 121 Å². The Bertz CT molecular complexity index is 3460. The van der Waals surface area contributed by atoms with Gasteiger partial charge in [-0.3, -0.25) is 0 Å². The molecule has 0 fully saturated rings. The molecule has 1 unspecified atom stereocenters. The van der Waals surface area contributed by atoms with Crippen LogP contribution in [0.2, 0.25) is 0 Å². The Morgan fingerprint density at radius 1 is 0.456 bits per heavy atom. The van der Waals surface area contributed by atoms with E-state index in [4.69, 9.17) is 19.4 Å². The molecule has 0 saturated carbocycles. The van der Waals surface area contributed by atoms with Gasteiger partial charge in [0.25, 0.3) is 0 Å². The van der Waals surface area contributed by atoms with Crippen LogP contribution in [0.4, 0.5) is 0 Å². The number of rotatable bonds is 5. The van der Waals surface area contributed by atoms with Crippen LogP contribution in [-0.2, 0) is 0 Å². The third-order valence-electron chi connectivity index (χ3n) is 11.3. The number of nitrogens with zero attached hydrogens (tertiary/aromatic N) is 3. The van der Waals surface area contributed by atoms with Gasteiger partial charge >= 0.3 is 0 Å². The van der Waals surface area contributed by atoms with Crippen LogP contribution in [-0.4, -0.2) is 15.0 Å². The highest BCUT2D eigenvalue weighted by Gasteiger charge is 2.21. The molecule has 4 nitrogen and oxygen atoms in total. The van der Waals surface area contributed by atoms with Gasteiger partial charge in [-0.05, 0) is 71.6 Å². The molecule has 268 valence electrons. The van der Waals surface area contributed by atoms with Crippen molar-refractivity contribution in [1.29, 1.82) is 0 Å². The van der Waals surface area contributed by atoms with Crippen LogP contribution in [0, 0.1) is 0 Å². The van der Waals surface area contributed by atoms with Gasteiger partial charge in [0.05, 0.1) is 0 Å². The molecule has 1 aliphatic carbocycles. The monoisotopic (exact) mass is 765 g/mol. The van der Waals surface area contributed by atoms with Crippen molar-refractivity contribution >= 4 is 90.5 Å². The van der Waals surface area contributed by atoms with Gasteiger partial charge in [0.2, 0.25) is 0 Å². The molecule has 7 aromatic carbocycles. The quantitative estimate of drug-likeness (QED) is 0.175. The number of furan rings is 1. The molecule has 0 aliphatic heterocycles. The second-order valence-corrected chi connectivity index (χ2v) is 16.9. The molecular weight excluding hydrogens is 735 g/mol. The first-order valence-electron chi connectivity index (χ1n) is 19.2. The van der Waals surface area contributed by atoms with Crippen molar-refractivity contribution in [2.75, 3.05) is 0 Å². The Morgan fingerprint density at radius 3 is 1.93 bits per heavy atom. The van der Waals surface area contributed by atoms with Crippen LogP contribution in [0.15, 0.2) is 174 Å². The fourth-order valence-corrected chi connectivity index (χ4v) is 10.7. The molecule has 57 heavy (non-hydrogen) atoms. The number of thiophene rings is 2. The van der Waals surface area contributed by atoms with Crippen molar-refractivity contribution in [2.24, 2.45) is 0 Å². The van der Waals surface area contributed by atoms with E-state index in [1.54, 1.807) is 11.3 Å². The van der Waals surface area contributed by atoms with Gasteiger partial charge in [0.1, 0.15) is 11.2 Å². The van der Waals surface area contributed by atoms with Crippen LogP contribution in [0.3, 0.4) is 0 Å². The van der Waals surface area contributed by atoms with Gasteiger partial charge in [0.15, 0.2) is 17.5 Å². The van der Waals surface area contributed by atoms with Crippen LogP contribution in [0.5, 0.6) is 0 Å². The van der Waals surface area contributed by atoms with E-state index in [1.165, 1.54) is 56.9 Å². The van der Waals surface area contributed by atoms with E-state index in [0.717, 1.165) is 45.2 Å². The SMILES string of the molecule is C1=CC(c2cccc3oc4cc(-c5ccc6sc7ccccc7c6c5)ccc4c23)CC=C1c1nc(-c2ccccc2)nc(-c2ccc3c(c2)sc2ccccc23)n1. The molecule has 4 heterocycles. The fourth-order valence-electron chi connectivity index (χ4n) is 8.48. The van der Waals surface area contributed by atoms with Crippen LogP contribution < -0.4 is 0 Å². The highest BCUT2D eigenvalue weighted by Crippen LogP contribution is 2.42. The Hall–Kier alpha value is -6.73. The summed E-state index contributed by atoms with van der Waals surface area (Å²) in [5.41, 5.74) is 8.36. The smallest absolute Gasteiger partial charge is 0.164 e. The molecule has 0 spiro atoms. The van der Waals surface area contributed by atoms with Gasteiger partial charge in [-0.25, -0.2) is 15.0 Å². The van der Waals surface area contributed by atoms with Crippen molar-refractivity contribution in [3.8, 4) is 33.9 Å². The lowest BCUT2D eigenvalue weighted by Gasteiger charge is -2.18. The Balaban J connectivity index is 0.891. The van der Waals surface area contributed by atoms with Crippen molar-refractivity contribution in [3.63, 3.8) is 0 Å². The molecule has 1 atom stereocenters. The van der Waals surface area contributed by atoms with Gasteiger partial charge in [-0.2, -0.15) is 0 Å². The summed E-state index contributed by atoms with van der Waals surface area (Å²) in [7, 11) is 0. The maximum absolute atomic E-state index is 6.57. The Kier molecular flexibility index (Phi) is 7.37. The topological polar surface area (TPSA) is 51.8 Å². The second kappa shape index (κ2) is 12.9. The standard InChI is InChI=1S/C51H31N3OS2/c1-2-9-31(10-3-1)49-52-50(54-51(53-49)35-22-24-39-37-11-4-6-15-44(37)57-47(39)29-35)32-19-17-30(18-20-32)36-13-8-14-42-48(36)40-25-21-34(28-43(40)55-42)33-23-26-46-41(27-33)38-12-5-7-16-45(38)56-46/h1-17,19-30H,18H2. The van der Waals surface area contributed by atoms with Gasteiger partial charge in [0, 0.05) is 73.7 Å². The number of allylic oxidation sites excluding steroid dienone is 4. The lowest BCUT2D eigenvalue weighted by atomic mass is 9.87. The first-order valence-corrected chi connectivity index (χ1v) is 20.8. The number of fused-ring (bicyclic) bond motifs is 9. The van der Waals surface area contributed by atoms with Crippen molar-refractivity contribution in [3.05, 3.63) is 181 Å². The van der Waals surface area contributed by atoms with E-state index in [9.17, 15) is 0 Å². The van der Waals surface area contributed by atoms with Gasteiger partial charge in [-0.15, -0.1) is 22.7 Å². The average molecular weight is 766 g/mol. The zero-order valence-electron chi connectivity index (χ0n) is 30.5. The van der Waals surface area contributed by atoms with Crippen LogP contribution in [0.25, 0.3) is 102 Å². The summed E-state index contributed by atoms with van der Waals surface area (Å²) in [6.07, 6.45) is 7.57. The maximum atomic E-state index is 6.57. The summed E-state index contributed by atoms with van der Waals surface area (Å²) >= 11 is 3.65. The third kappa shape index (κ3) is 5.44. The highest BCUT2D eigenvalue weighted by molar-refractivity contribution is 7.26. The van der Waals surface area contributed by atoms with Crippen molar-refractivity contribution in [2.45, 2.75) is 12.3 Å². The summed E-state index contributed by atoms with van der Waals surface area (Å²) in [6, 6.07) is 53.9. The predicted octanol–water partition coefficient (Wildman–Crippen LogP) is 14.6. The molecule has 0 amide bonds. The first-order chi connectivity index (χ1) is 28.2. The largest absolute Gasteiger partial charge is 0.456 e. The van der Waals surface area contributed by atoms with E-state index in [0.29, 0.717) is 17.5 Å². The van der Waals surface area contributed by atoms with Crippen molar-refractivity contribution in [1.82, 2.24) is 15.0 Å². The molecule has 4 aromatic heterocycles. The minimum Gasteiger partial charge on any atom is -0.456 e. The normalized spacial score (nSPS) is 14.5. The summed E-state index contributed by atoms with van der Waals surface area (Å²) in [6.45, 7) is 0. The minimum absolute atomic E-state index is 0.178. The number of benzene rings is 7. The molecule has 1 aliphatic rings. The zero-order chi connectivity index (χ0) is 37.5. The summed E-state index contributed by atoms with van der Waals surface area (Å²) in [5.74, 6) is 2.20. The van der Waals surface area contributed by atoms with E-state index in [1.807, 2.05) is 29.5 Å². The van der Waals surface area contributed by atoms with Crippen molar-refractivity contribution < 1.29 is 4.42 Å². The molecule has 11 aromatic rings. The molecule has 0 N–H and O–H groups in total. The van der Waals surface area contributed by atoms with E-state index >= 15 is 0 Å². The lowest BCUT2D eigenvalue weighted by molar-refractivity contribution is 0.668. The summed E-state index contributed by atoms with van der Waals surface area (Å²) in [5, 5.41) is 7.46. The second-order valence-electron chi connectivity index (χ2n) is 14.7. The Morgan fingerprint density at radius 2 is 1.11 bits per heavy atom. The Labute approximate surface area is 335 Å². The maximum Gasteiger partial charge on any atom is 0.164 e. The summed E-state index contributed by atoms with van der Waals surface area (Å²) < 4.78 is 11.7. The van der Waals surface area contributed by atoms with E-state index in [2.05, 4.69) is 152 Å². The fraction of sp³-hybridized carbons (Fsp3) is 0.0392. The van der Waals surface area contributed by atoms with E-state index in [-0.39, 0.29) is 5.92 Å². The molecule has 12 rings (SSSR count). The number of aromatic nitrogens is 3. The van der Waals surface area contributed by atoms with E-state index < -0.39 is 0 Å². The average Bonchev–Trinajstić information content (AvgIpc) is 3.97. The summed E-state index contributed by atoms with van der Waals surface area (Å²) in [4.78, 5) is 15.2. The molecule has 0 bridgehead atoms. The first kappa shape index (κ1) is 32.5. The molecule has 6 heteroatoms. The number of hydrogen-bond donors (Lipinski definition) is 0. The molecule has 0 saturated heterocycles. The predicted molar refractivity (Wildman–Crippen MR) is 240 cm³/mol. The third-order valence-corrected chi connectivity index (χ3v) is 13.6. The highest BCUT2D eigenvalue weighted by atomic mass is 32.1. The van der Waals surface area contributed by atoms with Crippen LogP contribution in [0.1, 0.15) is 23.7 Å². The zero-order valence-corrected chi connectivity index (χ0v) is 32.1. The number of hydrogen-bond acceptors (Lipinski definition) is 6.